The highest BCUT2D eigenvalue weighted by Crippen LogP contribution is 2.60. The number of ether oxygens (including phenoxy) is 4. The van der Waals surface area contributed by atoms with E-state index in [9.17, 15) is 14.9 Å². The minimum atomic E-state index is -1.03. The molecule has 2 aliphatic rings. The molecular weight excluding hydrogens is 603 g/mol. The topological polar surface area (TPSA) is 107 Å². The summed E-state index contributed by atoms with van der Waals surface area (Å²) < 4.78 is 22.3. The molecule has 0 bridgehead atoms. The summed E-state index contributed by atoms with van der Waals surface area (Å²) >= 11 is 11.5. The lowest BCUT2D eigenvalue weighted by atomic mass is 10.0. The number of allylic oxidation sites excluding steroid dienone is 1. The van der Waals surface area contributed by atoms with Crippen LogP contribution in [0, 0.1) is 28.6 Å². The predicted octanol–water partition coefficient (Wildman–Crippen LogP) is 8.30. The van der Waals surface area contributed by atoms with Crippen molar-refractivity contribution in [3.8, 4) is 29.1 Å². The molecule has 0 spiro atoms. The van der Waals surface area contributed by atoms with Gasteiger partial charge in [-0.3, -0.25) is 4.79 Å². The number of para-hydroxylation sites is 2. The summed E-state index contributed by atoms with van der Waals surface area (Å²) in [5.41, 5.74) is 1.08. The van der Waals surface area contributed by atoms with Crippen molar-refractivity contribution in [1.82, 2.24) is 5.32 Å². The standard InChI is InChI=1S/C22H19Cl2NO3.C12H15NO3/c1-22(2)17(12-19(23)24)20(22)21(26)28-18(13-25)14-7-6-10-16(11-14)27-15-8-4-3-5-9-15;1-12(2)7-8-5-4-6-9(10(8)16-12)15-11(14)13-3/h3-12,17-18,20H,1-2H3;4-6H,7H2,1-3H3,(H,13,14)/t17-,18?,20-;/m0./s1. The van der Waals surface area contributed by atoms with Gasteiger partial charge in [0.1, 0.15) is 27.7 Å². The van der Waals surface area contributed by atoms with E-state index in [1.165, 1.54) is 7.05 Å². The number of rotatable bonds is 7. The number of amides is 1. The Morgan fingerprint density at radius 1 is 1.02 bits per heavy atom. The monoisotopic (exact) mass is 636 g/mol. The molecule has 8 nitrogen and oxygen atoms in total. The van der Waals surface area contributed by atoms with Gasteiger partial charge in [-0.2, -0.15) is 5.26 Å². The van der Waals surface area contributed by atoms with Gasteiger partial charge in [-0.25, -0.2) is 4.79 Å². The number of carbonyl (C=O) groups is 2. The van der Waals surface area contributed by atoms with Crippen molar-refractivity contribution < 1.29 is 28.5 Å². The third-order valence-electron chi connectivity index (χ3n) is 7.42. The number of hydrogen-bond donors (Lipinski definition) is 1. The first-order valence-electron chi connectivity index (χ1n) is 14.0. The molecule has 1 aliphatic heterocycles. The summed E-state index contributed by atoms with van der Waals surface area (Å²) in [6.07, 6.45) is 0.957. The Morgan fingerprint density at radius 2 is 1.70 bits per heavy atom. The quantitative estimate of drug-likeness (QED) is 0.260. The highest BCUT2D eigenvalue weighted by atomic mass is 35.5. The van der Waals surface area contributed by atoms with Gasteiger partial charge in [-0.15, -0.1) is 0 Å². The number of benzene rings is 3. The van der Waals surface area contributed by atoms with Crippen molar-refractivity contribution in [2.45, 2.75) is 45.8 Å². The van der Waals surface area contributed by atoms with Gasteiger partial charge in [0, 0.05) is 24.6 Å². The minimum Gasteiger partial charge on any atom is -0.483 e. The normalized spacial score (nSPS) is 18.9. The summed E-state index contributed by atoms with van der Waals surface area (Å²) in [5, 5.41) is 11.9. The number of carbonyl (C=O) groups excluding carboxylic acids is 2. The van der Waals surface area contributed by atoms with Crippen molar-refractivity contribution in [1.29, 1.82) is 5.26 Å². The third kappa shape index (κ3) is 8.04. The molecule has 230 valence electrons. The van der Waals surface area contributed by atoms with Gasteiger partial charge >= 0.3 is 12.1 Å². The Balaban J connectivity index is 0.000000233. The van der Waals surface area contributed by atoms with Crippen LogP contribution in [0.1, 0.15) is 44.9 Å². The van der Waals surface area contributed by atoms with Crippen LogP contribution in [0.3, 0.4) is 0 Å². The zero-order chi connectivity index (χ0) is 32.1. The SMILES string of the molecule is CC1(C)[C@H](C(=O)OC(C#N)c2cccc(Oc3ccccc3)c2)[C@@H]1C=C(Cl)Cl.CNC(=O)Oc1cccc2c1OC(C)(C)C2. The highest BCUT2D eigenvalue weighted by molar-refractivity contribution is 6.55. The van der Waals surface area contributed by atoms with Crippen molar-refractivity contribution in [2.75, 3.05) is 7.05 Å². The Morgan fingerprint density at radius 3 is 2.36 bits per heavy atom. The summed E-state index contributed by atoms with van der Waals surface area (Å²) in [6.45, 7) is 7.90. The average molecular weight is 638 g/mol. The van der Waals surface area contributed by atoms with Crippen molar-refractivity contribution >= 4 is 35.3 Å². The summed E-state index contributed by atoms with van der Waals surface area (Å²) in [4.78, 5) is 23.8. The molecule has 1 fully saturated rings. The van der Waals surface area contributed by atoms with Gasteiger partial charge in [-0.05, 0) is 61.6 Å². The molecule has 1 saturated carbocycles. The van der Waals surface area contributed by atoms with Gasteiger partial charge < -0.3 is 24.3 Å². The van der Waals surface area contributed by atoms with E-state index in [2.05, 4.69) is 5.32 Å². The maximum Gasteiger partial charge on any atom is 0.412 e. The number of halogens is 2. The van der Waals surface area contributed by atoms with Crippen LogP contribution in [0.4, 0.5) is 4.79 Å². The molecule has 1 aliphatic carbocycles. The van der Waals surface area contributed by atoms with Gasteiger partial charge in [0.15, 0.2) is 11.5 Å². The summed E-state index contributed by atoms with van der Waals surface area (Å²) in [7, 11) is 1.52. The molecule has 5 rings (SSSR count). The molecule has 1 amide bonds. The first kappa shape index (κ1) is 32.7. The maximum absolute atomic E-state index is 12.6. The molecule has 44 heavy (non-hydrogen) atoms. The number of fused-ring (bicyclic) bond motifs is 1. The lowest BCUT2D eigenvalue weighted by Crippen LogP contribution is -2.25. The number of nitriles is 1. The van der Waals surface area contributed by atoms with Crippen LogP contribution in [0.25, 0.3) is 0 Å². The van der Waals surface area contributed by atoms with Gasteiger partial charge in [-0.1, -0.05) is 79.5 Å². The third-order valence-corrected chi connectivity index (χ3v) is 7.67. The molecule has 1 heterocycles. The number of hydrogen-bond acceptors (Lipinski definition) is 7. The van der Waals surface area contributed by atoms with E-state index in [1.807, 2.05) is 76.2 Å². The molecular formula is C34H34Cl2N2O6. The van der Waals surface area contributed by atoms with Gasteiger partial charge in [0.05, 0.1) is 5.92 Å². The molecule has 0 saturated heterocycles. The van der Waals surface area contributed by atoms with Crippen LogP contribution >= 0.6 is 23.2 Å². The van der Waals surface area contributed by atoms with E-state index in [1.54, 1.807) is 36.4 Å². The molecule has 3 aromatic rings. The molecule has 1 unspecified atom stereocenters. The van der Waals surface area contributed by atoms with Crippen LogP contribution in [-0.4, -0.2) is 24.7 Å². The van der Waals surface area contributed by atoms with E-state index < -0.39 is 18.2 Å². The first-order chi connectivity index (χ1) is 20.8. The van der Waals surface area contributed by atoms with E-state index in [-0.39, 0.29) is 27.3 Å². The van der Waals surface area contributed by atoms with Gasteiger partial charge in [0.2, 0.25) is 6.10 Å². The minimum absolute atomic E-state index is 0.114. The van der Waals surface area contributed by atoms with Gasteiger partial charge in [0.25, 0.3) is 0 Å². The average Bonchev–Trinajstić information content (AvgIpc) is 3.34. The van der Waals surface area contributed by atoms with Crippen molar-refractivity contribution in [3.63, 3.8) is 0 Å². The van der Waals surface area contributed by atoms with Crippen LogP contribution in [-0.2, 0) is 16.0 Å². The molecule has 0 aromatic heterocycles. The second-order valence-electron chi connectivity index (χ2n) is 11.6. The zero-order valence-electron chi connectivity index (χ0n) is 25.1. The lowest BCUT2D eigenvalue weighted by Gasteiger charge is -2.17. The van der Waals surface area contributed by atoms with Crippen LogP contribution in [0.5, 0.6) is 23.0 Å². The zero-order valence-corrected chi connectivity index (χ0v) is 26.6. The maximum atomic E-state index is 12.6. The van der Waals surface area contributed by atoms with Crippen LogP contribution in [0.15, 0.2) is 83.4 Å². The smallest absolute Gasteiger partial charge is 0.412 e. The summed E-state index contributed by atoms with van der Waals surface area (Å²) in [5.74, 6) is 1.44. The molecule has 1 N–H and O–H groups in total. The molecule has 10 heteroatoms. The number of nitrogens with zero attached hydrogens (tertiary/aromatic N) is 1. The molecule has 0 radical (unpaired) electrons. The number of esters is 1. The Kier molecular flexibility index (Phi) is 10.1. The fourth-order valence-electron chi connectivity index (χ4n) is 5.12. The Hall–Kier alpha value is -4.19. The van der Waals surface area contributed by atoms with E-state index in [0.29, 0.717) is 28.6 Å². The largest absolute Gasteiger partial charge is 0.483 e. The fraction of sp³-hybridized carbons (Fsp3) is 0.324. The van der Waals surface area contributed by atoms with E-state index in [0.717, 1.165) is 12.0 Å². The summed E-state index contributed by atoms with van der Waals surface area (Å²) in [6, 6.07) is 23.9. The van der Waals surface area contributed by atoms with E-state index >= 15 is 0 Å². The Bertz CT molecular complexity index is 1580. The Labute approximate surface area is 267 Å². The second kappa shape index (κ2) is 13.6. The van der Waals surface area contributed by atoms with Crippen LogP contribution < -0.4 is 19.5 Å². The predicted molar refractivity (Wildman–Crippen MR) is 168 cm³/mol. The van der Waals surface area contributed by atoms with Crippen LogP contribution in [0.2, 0.25) is 0 Å². The first-order valence-corrected chi connectivity index (χ1v) is 14.8. The molecule has 3 atom stereocenters. The van der Waals surface area contributed by atoms with Crippen molar-refractivity contribution in [2.24, 2.45) is 17.3 Å². The fourth-order valence-corrected chi connectivity index (χ4v) is 5.39. The van der Waals surface area contributed by atoms with E-state index in [4.69, 9.17) is 42.1 Å². The number of nitrogens with one attached hydrogen (secondary N) is 1. The second-order valence-corrected chi connectivity index (χ2v) is 12.6. The lowest BCUT2D eigenvalue weighted by molar-refractivity contribution is -0.149. The van der Waals surface area contributed by atoms with Crippen molar-refractivity contribution in [3.05, 3.63) is 94.5 Å². The highest BCUT2D eigenvalue weighted by Gasteiger charge is 2.62. The molecule has 3 aromatic carbocycles.